The second-order valence-corrected chi connectivity index (χ2v) is 13.6. The van der Waals surface area contributed by atoms with Crippen molar-refractivity contribution in [2.45, 2.75) is 0 Å². The number of hydrogen-bond donors (Lipinski definition) is 0. The number of fused-ring (bicyclic) bond motifs is 11. The molecule has 3 aromatic heterocycles. The van der Waals surface area contributed by atoms with Gasteiger partial charge in [-0.3, -0.25) is 0 Å². The Kier molecular flexibility index (Phi) is 6.02. The highest BCUT2D eigenvalue weighted by atomic mass is 15.0. The number of aromatic nitrogens is 3. The minimum absolute atomic E-state index is 0.485. The van der Waals surface area contributed by atoms with Crippen LogP contribution in [0, 0.1) is 22.7 Å². The lowest BCUT2D eigenvalue weighted by atomic mass is 10.0. The average molecular weight is 674 g/mol. The Hall–Kier alpha value is -7.60. The Morgan fingerprint density at radius 2 is 0.755 bits per heavy atom. The quantitative estimate of drug-likeness (QED) is 0.187. The minimum atomic E-state index is 0.485. The molecular weight excluding hydrogens is 647 g/mol. The summed E-state index contributed by atoms with van der Waals surface area (Å²) in [5.74, 6) is 0. The highest BCUT2D eigenvalue weighted by molar-refractivity contribution is 6.22. The van der Waals surface area contributed by atoms with Crippen LogP contribution in [0.2, 0.25) is 0 Å². The number of nitriles is 2. The molecule has 0 N–H and O–H groups in total. The lowest BCUT2D eigenvalue weighted by Crippen LogP contribution is -2.04. The van der Waals surface area contributed by atoms with Gasteiger partial charge in [-0.05, 0) is 71.4 Å². The van der Waals surface area contributed by atoms with Gasteiger partial charge in [0, 0.05) is 38.0 Å². The van der Waals surface area contributed by atoms with Gasteiger partial charge in [-0.15, -0.1) is 0 Å². The first-order valence-corrected chi connectivity index (χ1v) is 17.6. The van der Waals surface area contributed by atoms with Gasteiger partial charge in [0.2, 0.25) is 0 Å². The molecule has 3 heterocycles. The predicted molar refractivity (Wildman–Crippen MR) is 216 cm³/mol. The second kappa shape index (κ2) is 10.9. The van der Waals surface area contributed by atoms with E-state index in [2.05, 4.69) is 153 Å². The molecule has 0 saturated heterocycles. The van der Waals surface area contributed by atoms with Crippen LogP contribution in [0.4, 0.5) is 0 Å². The third-order valence-corrected chi connectivity index (χ3v) is 10.9. The molecule has 11 aromatic rings. The van der Waals surface area contributed by atoms with Crippen molar-refractivity contribution in [2.24, 2.45) is 0 Å². The van der Waals surface area contributed by atoms with Crippen molar-refractivity contribution in [3.63, 3.8) is 0 Å². The van der Waals surface area contributed by atoms with E-state index in [4.69, 9.17) is 0 Å². The molecule has 0 radical (unpaired) electrons. The number of benzene rings is 8. The van der Waals surface area contributed by atoms with E-state index in [-0.39, 0.29) is 0 Å². The van der Waals surface area contributed by atoms with Crippen LogP contribution in [0.5, 0.6) is 0 Å². The van der Waals surface area contributed by atoms with Gasteiger partial charge in [0.15, 0.2) is 0 Å². The molecule has 11 rings (SSSR count). The fourth-order valence-electron chi connectivity index (χ4n) is 8.69. The maximum Gasteiger partial charge on any atom is 0.101 e. The lowest BCUT2D eigenvalue weighted by Gasteiger charge is -2.16. The summed E-state index contributed by atoms with van der Waals surface area (Å²) in [6.45, 7) is 0. The summed E-state index contributed by atoms with van der Waals surface area (Å²) in [5.41, 5.74) is 9.60. The number of hydrogen-bond acceptors (Lipinski definition) is 2. The zero-order valence-corrected chi connectivity index (χ0v) is 28.3. The molecule has 5 nitrogen and oxygen atoms in total. The lowest BCUT2D eigenvalue weighted by molar-refractivity contribution is 1.12. The maximum absolute atomic E-state index is 10.9. The van der Waals surface area contributed by atoms with Gasteiger partial charge in [0.25, 0.3) is 0 Å². The van der Waals surface area contributed by atoms with Crippen molar-refractivity contribution in [2.75, 3.05) is 0 Å². The van der Waals surface area contributed by atoms with E-state index in [9.17, 15) is 10.5 Å². The third kappa shape index (κ3) is 3.99. The average Bonchev–Trinajstić information content (AvgIpc) is 3.86. The van der Waals surface area contributed by atoms with Gasteiger partial charge in [0.05, 0.1) is 55.6 Å². The van der Waals surface area contributed by atoms with E-state index in [0.29, 0.717) is 22.5 Å². The zero-order valence-electron chi connectivity index (χ0n) is 28.3. The van der Waals surface area contributed by atoms with E-state index in [0.717, 1.165) is 71.1 Å². The smallest absolute Gasteiger partial charge is 0.101 e. The Balaban J connectivity index is 1.23. The number of nitrogens with zero attached hydrogens (tertiary/aromatic N) is 5. The molecule has 0 atom stereocenters. The van der Waals surface area contributed by atoms with Crippen LogP contribution >= 0.6 is 0 Å². The van der Waals surface area contributed by atoms with Crippen LogP contribution in [0.25, 0.3) is 93.3 Å². The maximum atomic E-state index is 10.9. The molecule has 8 aromatic carbocycles. The van der Waals surface area contributed by atoms with Gasteiger partial charge in [-0.25, -0.2) is 0 Å². The third-order valence-electron chi connectivity index (χ3n) is 10.9. The summed E-state index contributed by atoms with van der Waals surface area (Å²) in [4.78, 5) is 0. The van der Waals surface area contributed by atoms with E-state index in [1.54, 1.807) is 0 Å². The number of rotatable bonds is 3. The first-order chi connectivity index (χ1) is 26.2. The Morgan fingerprint density at radius 3 is 1.28 bits per heavy atom. The molecule has 5 heteroatoms. The molecule has 0 aliphatic heterocycles. The van der Waals surface area contributed by atoms with E-state index in [1.807, 2.05) is 36.4 Å². The van der Waals surface area contributed by atoms with Gasteiger partial charge in [0.1, 0.15) is 12.1 Å². The SMILES string of the molecule is N#Cc1cc(-n2c3ccc(-n4c5ccccc5c5ccccc54)cc3c3c4ccccc4ccc32)c(C#N)cc1-n1c2ccccc2c2ccccc21. The van der Waals surface area contributed by atoms with Crippen LogP contribution in [0.3, 0.4) is 0 Å². The largest absolute Gasteiger partial charge is 0.309 e. The first-order valence-electron chi connectivity index (χ1n) is 17.6. The normalized spacial score (nSPS) is 11.7. The van der Waals surface area contributed by atoms with Gasteiger partial charge >= 0.3 is 0 Å². The molecule has 0 amide bonds. The molecule has 0 bridgehead atoms. The highest BCUT2D eigenvalue weighted by Gasteiger charge is 2.22. The van der Waals surface area contributed by atoms with Crippen LogP contribution in [-0.4, -0.2) is 13.7 Å². The summed E-state index contributed by atoms with van der Waals surface area (Å²) in [6.07, 6.45) is 0. The molecule has 0 fully saturated rings. The van der Waals surface area contributed by atoms with Crippen molar-refractivity contribution < 1.29 is 0 Å². The fraction of sp³-hybridized carbons (Fsp3) is 0. The van der Waals surface area contributed by atoms with Crippen LogP contribution in [0.15, 0.2) is 164 Å². The van der Waals surface area contributed by atoms with Crippen molar-refractivity contribution in [3.8, 4) is 29.2 Å². The van der Waals surface area contributed by atoms with Gasteiger partial charge < -0.3 is 13.7 Å². The zero-order chi connectivity index (χ0) is 35.2. The summed E-state index contributed by atoms with van der Waals surface area (Å²) >= 11 is 0. The molecule has 0 saturated carbocycles. The first kappa shape index (κ1) is 29.2. The van der Waals surface area contributed by atoms with E-state index >= 15 is 0 Å². The van der Waals surface area contributed by atoms with Crippen molar-refractivity contribution in [3.05, 3.63) is 175 Å². The summed E-state index contributed by atoms with van der Waals surface area (Å²) in [7, 11) is 0. The van der Waals surface area contributed by atoms with Gasteiger partial charge in [-0.1, -0.05) is 103 Å². The standard InChI is InChI=1S/C48H27N5/c49-28-31-26-47(32(29-50)25-46(31)52-42-19-9-5-15-37(42)38-16-6-10-20-43(38)52)53-44-24-22-33(27-39(44)48-34-12-2-1-11-30(34)21-23-45(48)53)51-40-17-7-3-13-35(40)36-14-4-8-18-41(36)51/h1-27H. The van der Waals surface area contributed by atoms with Crippen molar-refractivity contribution >= 4 is 76.2 Å². The molecule has 0 spiro atoms. The summed E-state index contributed by atoms with van der Waals surface area (Å²) in [5, 5.41) is 30.7. The highest BCUT2D eigenvalue weighted by Crippen LogP contribution is 2.41. The topological polar surface area (TPSA) is 62.4 Å². The predicted octanol–water partition coefficient (Wildman–Crippen LogP) is 11.9. The molecule has 244 valence electrons. The molecule has 0 aliphatic carbocycles. The van der Waals surface area contributed by atoms with E-state index in [1.165, 1.54) is 10.8 Å². The van der Waals surface area contributed by atoms with Crippen molar-refractivity contribution in [1.82, 2.24) is 13.7 Å². The Bertz CT molecular complexity index is 3320. The molecule has 0 aliphatic rings. The fourth-order valence-corrected chi connectivity index (χ4v) is 8.69. The van der Waals surface area contributed by atoms with Crippen LogP contribution in [0.1, 0.15) is 11.1 Å². The van der Waals surface area contributed by atoms with Crippen LogP contribution < -0.4 is 0 Å². The summed E-state index contributed by atoms with van der Waals surface area (Å²) < 4.78 is 6.63. The van der Waals surface area contributed by atoms with Crippen molar-refractivity contribution in [1.29, 1.82) is 10.5 Å². The summed E-state index contributed by atoms with van der Waals surface area (Å²) in [6, 6.07) is 61.7. The minimum Gasteiger partial charge on any atom is -0.309 e. The van der Waals surface area contributed by atoms with Crippen LogP contribution in [-0.2, 0) is 0 Å². The Morgan fingerprint density at radius 1 is 0.340 bits per heavy atom. The van der Waals surface area contributed by atoms with Gasteiger partial charge in [-0.2, -0.15) is 10.5 Å². The monoisotopic (exact) mass is 673 g/mol. The second-order valence-electron chi connectivity index (χ2n) is 13.6. The molecule has 0 unspecified atom stereocenters. The number of para-hydroxylation sites is 4. The molecular formula is C48H27N5. The molecule has 53 heavy (non-hydrogen) atoms. The van der Waals surface area contributed by atoms with E-state index < -0.39 is 0 Å². The Labute approximate surface area is 303 Å².